The molecule has 10 heteroatoms. The van der Waals surface area contributed by atoms with Crippen LogP contribution in [-0.4, -0.2) is 34.5 Å². The van der Waals surface area contributed by atoms with Crippen molar-refractivity contribution < 1.29 is 27.5 Å². The van der Waals surface area contributed by atoms with Gasteiger partial charge in [-0.25, -0.2) is 0 Å². The molecule has 3 rings (SSSR count). The zero-order valence-corrected chi connectivity index (χ0v) is 13.6. The number of carbonyl (C=O) groups excluding carboxylic acids is 2. The van der Waals surface area contributed by atoms with Crippen LogP contribution in [0.3, 0.4) is 0 Å². The summed E-state index contributed by atoms with van der Waals surface area (Å²) in [6.07, 6.45) is -4.91. The SMILES string of the molecule is C[C@H]1C(=O)NC[C@@H]1C(=O)Nc1cc(OC(F)(F)F)n(-c2ccccc2)n1. The van der Waals surface area contributed by atoms with Gasteiger partial charge >= 0.3 is 6.36 Å². The summed E-state index contributed by atoms with van der Waals surface area (Å²) in [7, 11) is 0. The molecule has 1 aliphatic heterocycles. The summed E-state index contributed by atoms with van der Waals surface area (Å²) in [5.74, 6) is -2.61. The van der Waals surface area contributed by atoms with Gasteiger partial charge in [-0.2, -0.15) is 4.68 Å². The largest absolute Gasteiger partial charge is 0.574 e. The Morgan fingerprint density at radius 1 is 1.35 bits per heavy atom. The van der Waals surface area contributed by atoms with Crippen molar-refractivity contribution >= 4 is 17.6 Å². The first-order valence-corrected chi connectivity index (χ1v) is 7.74. The predicted octanol–water partition coefficient (Wildman–Crippen LogP) is 2.09. The van der Waals surface area contributed by atoms with Gasteiger partial charge in [0.2, 0.25) is 17.7 Å². The van der Waals surface area contributed by atoms with E-state index in [0.717, 1.165) is 10.7 Å². The summed E-state index contributed by atoms with van der Waals surface area (Å²) in [5, 5.41) is 8.98. The highest BCUT2D eigenvalue weighted by atomic mass is 19.4. The molecule has 1 saturated heterocycles. The number of nitrogens with one attached hydrogen (secondary N) is 2. The Morgan fingerprint density at radius 2 is 2.04 bits per heavy atom. The fourth-order valence-electron chi connectivity index (χ4n) is 2.64. The smallest absolute Gasteiger partial charge is 0.388 e. The summed E-state index contributed by atoms with van der Waals surface area (Å²) >= 11 is 0. The number of hydrogen-bond acceptors (Lipinski definition) is 4. The monoisotopic (exact) mass is 368 g/mol. The van der Waals surface area contributed by atoms with E-state index in [0.29, 0.717) is 5.69 Å². The van der Waals surface area contributed by atoms with E-state index < -0.39 is 30.0 Å². The van der Waals surface area contributed by atoms with Crippen LogP contribution in [0.2, 0.25) is 0 Å². The average molecular weight is 368 g/mol. The molecule has 0 bridgehead atoms. The van der Waals surface area contributed by atoms with Crippen molar-refractivity contribution in [1.82, 2.24) is 15.1 Å². The maximum Gasteiger partial charge on any atom is 0.574 e. The van der Waals surface area contributed by atoms with E-state index in [1.165, 1.54) is 0 Å². The van der Waals surface area contributed by atoms with Crippen molar-refractivity contribution in [3.63, 3.8) is 0 Å². The van der Waals surface area contributed by atoms with Gasteiger partial charge in [0.15, 0.2) is 5.82 Å². The molecule has 0 unspecified atom stereocenters. The van der Waals surface area contributed by atoms with Crippen LogP contribution in [0, 0.1) is 11.8 Å². The third-order valence-corrected chi connectivity index (χ3v) is 4.00. The Balaban J connectivity index is 1.86. The molecule has 2 N–H and O–H groups in total. The number of hydrogen-bond donors (Lipinski definition) is 2. The molecule has 1 aliphatic rings. The highest BCUT2D eigenvalue weighted by molar-refractivity contribution is 5.97. The number of aromatic nitrogens is 2. The second kappa shape index (κ2) is 6.70. The van der Waals surface area contributed by atoms with Crippen LogP contribution in [0.15, 0.2) is 36.4 Å². The first-order chi connectivity index (χ1) is 12.2. The molecule has 0 saturated carbocycles. The molecule has 1 fully saturated rings. The summed E-state index contributed by atoms with van der Waals surface area (Å²) < 4.78 is 42.9. The van der Waals surface area contributed by atoms with E-state index in [4.69, 9.17) is 0 Å². The Bertz CT molecular complexity index is 820. The van der Waals surface area contributed by atoms with Gasteiger partial charge < -0.3 is 15.4 Å². The minimum absolute atomic E-state index is 0.107. The van der Waals surface area contributed by atoms with Crippen molar-refractivity contribution in [3.8, 4) is 11.6 Å². The third kappa shape index (κ3) is 3.79. The number of anilines is 1. The second-order valence-corrected chi connectivity index (χ2v) is 5.79. The lowest BCUT2D eigenvalue weighted by Gasteiger charge is -2.11. The first-order valence-electron chi connectivity index (χ1n) is 7.74. The fourth-order valence-corrected chi connectivity index (χ4v) is 2.64. The number of benzene rings is 1. The van der Waals surface area contributed by atoms with Crippen molar-refractivity contribution in [2.45, 2.75) is 13.3 Å². The first kappa shape index (κ1) is 17.8. The normalized spacial score (nSPS) is 19.9. The lowest BCUT2D eigenvalue weighted by Crippen LogP contribution is -2.28. The number of alkyl halides is 3. The van der Waals surface area contributed by atoms with Crippen molar-refractivity contribution in [2.75, 3.05) is 11.9 Å². The van der Waals surface area contributed by atoms with E-state index >= 15 is 0 Å². The number of halogens is 3. The molecule has 2 heterocycles. The molecule has 0 aliphatic carbocycles. The van der Waals surface area contributed by atoms with E-state index in [-0.39, 0.29) is 18.3 Å². The molecule has 1 aromatic heterocycles. The van der Waals surface area contributed by atoms with Gasteiger partial charge in [0.05, 0.1) is 11.6 Å². The fraction of sp³-hybridized carbons (Fsp3) is 0.312. The predicted molar refractivity (Wildman–Crippen MR) is 84.5 cm³/mol. The molecule has 7 nitrogen and oxygen atoms in total. The van der Waals surface area contributed by atoms with Gasteiger partial charge in [-0.3, -0.25) is 9.59 Å². The Labute approximate surface area is 146 Å². The van der Waals surface area contributed by atoms with E-state index in [1.807, 2.05) is 0 Å². The molecule has 26 heavy (non-hydrogen) atoms. The summed E-state index contributed by atoms with van der Waals surface area (Å²) in [6, 6.07) is 9.03. The minimum atomic E-state index is -4.91. The van der Waals surface area contributed by atoms with Crippen molar-refractivity contribution in [2.24, 2.45) is 11.8 Å². The topological polar surface area (TPSA) is 85.3 Å². The van der Waals surface area contributed by atoms with Gasteiger partial charge in [-0.1, -0.05) is 25.1 Å². The van der Waals surface area contributed by atoms with Crippen molar-refractivity contribution in [3.05, 3.63) is 36.4 Å². The summed E-state index contributed by atoms with van der Waals surface area (Å²) in [6.45, 7) is 1.77. The zero-order valence-electron chi connectivity index (χ0n) is 13.6. The summed E-state index contributed by atoms with van der Waals surface area (Å²) in [4.78, 5) is 23.8. The van der Waals surface area contributed by atoms with Gasteiger partial charge in [0, 0.05) is 18.5 Å². The summed E-state index contributed by atoms with van der Waals surface area (Å²) in [5.41, 5.74) is 0.332. The van der Waals surface area contributed by atoms with Gasteiger partial charge in [-0.15, -0.1) is 18.3 Å². The number of nitrogens with zero attached hydrogens (tertiary/aromatic N) is 2. The lowest BCUT2D eigenvalue weighted by atomic mass is 9.97. The maximum absolute atomic E-state index is 12.7. The van der Waals surface area contributed by atoms with E-state index in [1.54, 1.807) is 37.3 Å². The molecule has 0 spiro atoms. The minimum Gasteiger partial charge on any atom is -0.388 e. The third-order valence-electron chi connectivity index (χ3n) is 4.00. The number of amides is 2. The van der Waals surface area contributed by atoms with Crippen LogP contribution in [-0.2, 0) is 9.59 Å². The molecule has 0 radical (unpaired) electrons. The molecule has 2 aromatic rings. The quantitative estimate of drug-likeness (QED) is 0.866. The number of para-hydroxylation sites is 1. The van der Waals surface area contributed by atoms with Gasteiger partial charge in [-0.05, 0) is 12.1 Å². The van der Waals surface area contributed by atoms with Crippen molar-refractivity contribution in [1.29, 1.82) is 0 Å². The molecule has 1 aromatic carbocycles. The average Bonchev–Trinajstić information content (AvgIpc) is 3.10. The van der Waals surface area contributed by atoms with Crippen LogP contribution in [0.25, 0.3) is 5.69 Å². The number of rotatable bonds is 4. The Morgan fingerprint density at radius 3 is 2.62 bits per heavy atom. The Hall–Kier alpha value is -3.04. The lowest BCUT2D eigenvalue weighted by molar-refractivity contribution is -0.276. The van der Waals surface area contributed by atoms with E-state index in [2.05, 4.69) is 20.5 Å². The second-order valence-electron chi connectivity index (χ2n) is 5.79. The number of carbonyl (C=O) groups is 2. The van der Waals surface area contributed by atoms with Crippen LogP contribution < -0.4 is 15.4 Å². The molecular formula is C16H15F3N4O3. The maximum atomic E-state index is 12.7. The Kier molecular flexibility index (Phi) is 4.58. The van der Waals surface area contributed by atoms with Gasteiger partial charge in [0.25, 0.3) is 0 Å². The number of ether oxygens (including phenoxy) is 1. The van der Waals surface area contributed by atoms with Gasteiger partial charge in [0.1, 0.15) is 0 Å². The van der Waals surface area contributed by atoms with Crippen LogP contribution in [0.5, 0.6) is 5.88 Å². The molecular weight excluding hydrogens is 353 g/mol. The molecule has 2 amide bonds. The highest BCUT2D eigenvalue weighted by Gasteiger charge is 2.37. The molecule has 138 valence electrons. The zero-order chi connectivity index (χ0) is 18.9. The van der Waals surface area contributed by atoms with Crippen LogP contribution >= 0.6 is 0 Å². The van der Waals surface area contributed by atoms with Crippen LogP contribution in [0.1, 0.15) is 6.92 Å². The highest BCUT2D eigenvalue weighted by Crippen LogP contribution is 2.28. The van der Waals surface area contributed by atoms with Crippen LogP contribution in [0.4, 0.5) is 19.0 Å². The standard InChI is InChI=1S/C16H15F3N4O3/c1-9-11(8-20-14(9)24)15(25)21-12-7-13(26-16(17,18)19)23(22-12)10-5-3-2-4-6-10/h2-7,9,11H,8H2,1H3,(H,20,24)(H,21,22,25)/t9-,11+/m1/s1. The molecule has 2 atom stereocenters. The van der Waals surface area contributed by atoms with E-state index in [9.17, 15) is 22.8 Å².